The standard InChI is InChI=1S/C8H17NO3PS/c1-14-7-5-6(7)8(10)13(11,12)4-2-3-9/h6-7,11-12H,2-5,9H2,1H3/q+1. The lowest BCUT2D eigenvalue weighted by atomic mass is 10.5. The fourth-order valence-electron chi connectivity index (χ4n) is 1.38. The lowest BCUT2D eigenvalue weighted by Gasteiger charge is -2.09. The molecule has 1 fully saturated rings. The third-order valence-corrected chi connectivity index (χ3v) is 5.48. The van der Waals surface area contributed by atoms with Crippen molar-refractivity contribution >= 4 is 25.0 Å². The Balaban J connectivity index is 2.43. The molecule has 1 rings (SSSR count). The highest BCUT2D eigenvalue weighted by Crippen LogP contribution is 2.59. The molecule has 0 spiro atoms. The van der Waals surface area contributed by atoms with Crippen LogP contribution in [0, 0.1) is 5.92 Å². The topological polar surface area (TPSA) is 83.5 Å². The van der Waals surface area contributed by atoms with Crippen LogP contribution in [0.1, 0.15) is 12.8 Å². The van der Waals surface area contributed by atoms with Crippen molar-refractivity contribution in [1.29, 1.82) is 0 Å². The number of hydrogen-bond donors (Lipinski definition) is 3. The molecule has 2 unspecified atom stereocenters. The minimum atomic E-state index is -3.33. The summed E-state index contributed by atoms with van der Waals surface area (Å²) < 4.78 is 0. The number of rotatable bonds is 6. The van der Waals surface area contributed by atoms with E-state index in [2.05, 4.69) is 0 Å². The minimum absolute atomic E-state index is 0.119. The second-order valence-electron chi connectivity index (χ2n) is 3.55. The molecule has 0 aromatic carbocycles. The number of nitrogens with two attached hydrogens (primary N) is 1. The first-order chi connectivity index (χ1) is 6.53. The summed E-state index contributed by atoms with van der Waals surface area (Å²) in [6, 6.07) is 0. The Hall–Kier alpha value is 0.330. The Labute approximate surface area is 88.8 Å². The lowest BCUT2D eigenvalue weighted by molar-refractivity contribution is -0.114. The molecular weight excluding hydrogens is 221 g/mol. The highest BCUT2D eigenvalue weighted by atomic mass is 32.2. The quantitative estimate of drug-likeness (QED) is 0.585. The van der Waals surface area contributed by atoms with Crippen LogP contribution in [0.4, 0.5) is 0 Å². The summed E-state index contributed by atoms with van der Waals surface area (Å²) in [6.45, 7) is 0.396. The van der Waals surface area contributed by atoms with Gasteiger partial charge in [-0.3, -0.25) is 0 Å². The molecule has 6 heteroatoms. The molecule has 82 valence electrons. The first kappa shape index (κ1) is 12.4. The van der Waals surface area contributed by atoms with E-state index >= 15 is 0 Å². The average Bonchev–Trinajstić information content (AvgIpc) is 2.92. The van der Waals surface area contributed by atoms with Gasteiger partial charge in [0, 0.05) is 5.25 Å². The molecule has 1 aliphatic rings. The molecule has 4 N–H and O–H groups in total. The molecule has 0 amide bonds. The van der Waals surface area contributed by atoms with E-state index in [0.717, 1.165) is 6.42 Å². The predicted octanol–water partition coefficient (Wildman–Crippen LogP) is 0.446. The monoisotopic (exact) mass is 238 g/mol. The highest BCUT2D eigenvalue weighted by molar-refractivity contribution is 7.99. The fraction of sp³-hybridized carbons (Fsp3) is 0.875. The molecule has 2 atom stereocenters. The van der Waals surface area contributed by atoms with Gasteiger partial charge in [0.1, 0.15) is 6.16 Å². The van der Waals surface area contributed by atoms with Crippen LogP contribution in [0.5, 0.6) is 0 Å². The number of carbonyl (C=O) groups excluding carboxylic acids is 1. The molecule has 0 bridgehead atoms. The zero-order valence-electron chi connectivity index (χ0n) is 8.22. The summed E-state index contributed by atoms with van der Waals surface area (Å²) in [5.41, 5.74) is 4.93. The van der Waals surface area contributed by atoms with Crippen molar-refractivity contribution in [3.05, 3.63) is 0 Å². The van der Waals surface area contributed by atoms with E-state index in [0.29, 0.717) is 18.2 Å². The maximum Gasteiger partial charge on any atom is 0.337 e. The van der Waals surface area contributed by atoms with E-state index in [4.69, 9.17) is 5.73 Å². The van der Waals surface area contributed by atoms with E-state index in [1.807, 2.05) is 6.26 Å². The third kappa shape index (κ3) is 2.91. The third-order valence-electron chi connectivity index (χ3n) is 2.38. The summed E-state index contributed by atoms with van der Waals surface area (Å²) >= 11 is 1.62. The van der Waals surface area contributed by atoms with Gasteiger partial charge in [-0.25, -0.2) is 14.6 Å². The van der Waals surface area contributed by atoms with E-state index < -0.39 is 7.72 Å². The van der Waals surface area contributed by atoms with Crippen molar-refractivity contribution in [2.75, 3.05) is 19.0 Å². The predicted molar refractivity (Wildman–Crippen MR) is 60.3 cm³/mol. The summed E-state index contributed by atoms with van der Waals surface area (Å²) in [5, 5.41) is 0.305. The fourth-order valence-corrected chi connectivity index (χ4v) is 3.99. The van der Waals surface area contributed by atoms with Crippen LogP contribution in [0.15, 0.2) is 0 Å². The summed E-state index contributed by atoms with van der Waals surface area (Å²) in [7, 11) is -3.33. The van der Waals surface area contributed by atoms with Gasteiger partial charge in [0.15, 0.2) is 0 Å². The first-order valence-corrected chi connectivity index (χ1v) is 7.80. The van der Waals surface area contributed by atoms with Gasteiger partial charge in [-0.1, -0.05) is 0 Å². The van der Waals surface area contributed by atoms with Crippen LogP contribution in [-0.4, -0.2) is 39.5 Å². The Bertz CT molecular complexity index is 225. The smallest absolute Gasteiger partial charge is 0.330 e. The van der Waals surface area contributed by atoms with E-state index in [-0.39, 0.29) is 17.6 Å². The van der Waals surface area contributed by atoms with Crippen molar-refractivity contribution in [3.8, 4) is 0 Å². The van der Waals surface area contributed by atoms with Crippen molar-refractivity contribution in [1.82, 2.24) is 0 Å². The largest absolute Gasteiger partial charge is 0.337 e. The molecule has 1 aliphatic carbocycles. The minimum Gasteiger partial charge on any atom is -0.330 e. The summed E-state index contributed by atoms with van der Waals surface area (Å²) in [5.74, 6) is -0.119. The second kappa shape index (κ2) is 4.90. The highest BCUT2D eigenvalue weighted by Gasteiger charge is 2.56. The average molecular weight is 238 g/mol. The van der Waals surface area contributed by atoms with Crippen LogP contribution < -0.4 is 5.73 Å². The van der Waals surface area contributed by atoms with Gasteiger partial charge in [0.25, 0.3) is 0 Å². The normalized spacial score (nSPS) is 26.3. The Morgan fingerprint density at radius 1 is 1.64 bits per heavy atom. The maximum absolute atomic E-state index is 11.6. The van der Waals surface area contributed by atoms with Crippen LogP contribution in [0.25, 0.3) is 0 Å². The van der Waals surface area contributed by atoms with Crippen LogP contribution >= 0.6 is 19.5 Å². The zero-order valence-corrected chi connectivity index (χ0v) is 9.93. The molecule has 0 radical (unpaired) electrons. The van der Waals surface area contributed by atoms with Gasteiger partial charge in [-0.15, -0.1) is 0 Å². The van der Waals surface area contributed by atoms with Crippen molar-refractivity contribution in [3.63, 3.8) is 0 Å². The van der Waals surface area contributed by atoms with E-state index in [1.54, 1.807) is 11.8 Å². The van der Waals surface area contributed by atoms with Gasteiger partial charge in [-0.05, 0) is 25.6 Å². The van der Waals surface area contributed by atoms with Crippen molar-refractivity contribution in [2.45, 2.75) is 18.1 Å². The molecule has 0 aromatic heterocycles. The van der Waals surface area contributed by atoms with E-state index in [9.17, 15) is 14.6 Å². The van der Waals surface area contributed by atoms with E-state index in [1.165, 1.54) is 0 Å². The summed E-state index contributed by atoms with van der Waals surface area (Å²) in [6.07, 6.45) is 3.39. The number of thioether (sulfide) groups is 1. The van der Waals surface area contributed by atoms with Crippen molar-refractivity contribution < 1.29 is 14.6 Å². The summed E-state index contributed by atoms with van der Waals surface area (Å²) in [4.78, 5) is 30.8. The molecule has 0 aliphatic heterocycles. The number of carbonyl (C=O) groups is 1. The molecule has 14 heavy (non-hydrogen) atoms. The van der Waals surface area contributed by atoms with Crippen LogP contribution in [0.3, 0.4) is 0 Å². The first-order valence-electron chi connectivity index (χ1n) is 4.63. The Morgan fingerprint density at radius 2 is 2.29 bits per heavy atom. The molecule has 0 aromatic rings. The van der Waals surface area contributed by atoms with Gasteiger partial charge in [0.05, 0.1) is 5.92 Å². The SMILES string of the molecule is CSC1CC1C(=O)[P+](O)(O)CCCN. The molecule has 4 nitrogen and oxygen atoms in total. The molecule has 0 heterocycles. The van der Waals surface area contributed by atoms with Gasteiger partial charge < -0.3 is 5.73 Å². The lowest BCUT2D eigenvalue weighted by Crippen LogP contribution is -2.15. The van der Waals surface area contributed by atoms with Crippen molar-refractivity contribution in [2.24, 2.45) is 11.7 Å². The second-order valence-corrected chi connectivity index (χ2v) is 6.98. The van der Waals surface area contributed by atoms with Gasteiger partial charge >= 0.3 is 13.2 Å². The van der Waals surface area contributed by atoms with Crippen LogP contribution in [0.2, 0.25) is 0 Å². The zero-order chi connectivity index (χ0) is 10.8. The Morgan fingerprint density at radius 3 is 2.71 bits per heavy atom. The van der Waals surface area contributed by atoms with Gasteiger partial charge in [0.2, 0.25) is 0 Å². The molecule has 1 saturated carbocycles. The van der Waals surface area contributed by atoms with Gasteiger partial charge in [-0.2, -0.15) is 11.8 Å². The number of hydrogen-bond acceptors (Lipinski definition) is 5. The molecule has 0 saturated heterocycles. The van der Waals surface area contributed by atoms with Crippen LogP contribution in [-0.2, 0) is 4.79 Å². The maximum atomic E-state index is 11.6. The molecular formula is C8H17NO3PS+. The Kier molecular flexibility index (Phi) is 4.34.